The second kappa shape index (κ2) is 3.75. The molecule has 0 aromatic carbocycles. The highest BCUT2D eigenvalue weighted by Crippen LogP contribution is 2.41. The topological polar surface area (TPSA) is 63.3 Å². The van der Waals surface area contributed by atoms with E-state index < -0.39 is 0 Å². The number of aromatic nitrogens is 1. The quantitative estimate of drug-likeness (QED) is 0.745. The van der Waals surface area contributed by atoms with Crippen LogP contribution in [0.25, 0.3) is 0 Å². The van der Waals surface area contributed by atoms with Gasteiger partial charge in [0, 0.05) is 37.2 Å². The van der Waals surface area contributed by atoms with E-state index >= 15 is 0 Å². The lowest BCUT2D eigenvalue weighted by molar-refractivity contribution is 0.386. The maximum atomic E-state index is 5.88. The van der Waals surface area contributed by atoms with Crippen LogP contribution < -0.4 is 11.1 Å². The van der Waals surface area contributed by atoms with Crippen LogP contribution in [0.1, 0.15) is 5.56 Å². The summed E-state index contributed by atoms with van der Waals surface area (Å²) in [5, 5.41) is 4.12. The van der Waals surface area contributed by atoms with Crippen LogP contribution in [0.4, 0.5) is 0 Å². The molecule has 16 heavy (non-hydrogen) atoms. The van der Waals surface area contributed by atoms with E-state index in [0.29, 0.717) is 11.1 Å². The molecule has 3 rings (SSSR count). The molecule has 0 saturated carbocycles. The van der Waals surface area contributed by atoms with Crippen LogP contribution in [0.2, 0.25) is 0 Å². The molecule has 4 nitrogen and oxygen atoms in total. The first kappa shape index (κ1) is 10.1. The van der Waals surface area contributed by atoms with Gasteiger partial charge in [0.1, 0.15) is 5.54 Å². The first-order valence-corrected chi connectivity index (χ1v) is 6.39. The van der Waals surface area contributed by atoms with Crippen molar-refractivity contribution in [1.29, 1.82) is 0 Å². The van der Waals surface area contributed by atoms with Gasteiger partial charge in [0.05, 0.1) is 0 Å². The Bertz CT molecular complexity index is 419. The van der Waals surface area contributed by atoms with Gasteiger partial charge in [-0.2, -0.15) is 0 Å². The second-order valence-corrected chi connectivity index (χ2v) is 5.30. The summed E-state index contributed by atoms with van der Waals surface area (Å²) in [6.07, 6.45) is 3.70. The van der Waals surface area contributed by atoms with Gasteiger partial charge in [-0.05, 0) is 11.6 Å². The molecule has 0 bridgehead atoms. The van der Waals surface area contributed by atoms with Crippen LogP contribution in [0, 0.1) is 5.92 Å². The highest BCUT2D eigenvalue weighted by Gasteiger charge is 2.46. The molecule has 3 N–H and O–H groups in total. The minimum atomic E-state index is -0.177. The molecule has 2 aliphatic heterocycles. The Morgan fingerprint density at radius 1 is 1.56 bits per heavy atom. The summed E-state index contributed by atoms with van der Waals surface area (Å²) in [5.74, 6) is 1.56. The summed E-state index contributed by atoms with van der Waals surface area (Å²) >= 11 is 1.66. The number of hydrogen-bond donors (Lipinski definition) is 2. The Hall–Kier alpha value is -1.07. The molecule has 1 aromatic heterocycles. The van der Waals surface area contributed by atoms with Gasteiger partial charge >= 0.3 is 0 Å². The fourth-order valence-corrected chi connectivity index (χ4v) is 3.51. The van der Waals surface area contributed by atoms with Gasteiger partial charge in [-0.1, -0.05) is 17.8 Å². The first-order chi connectivity index (χ1) is 7.81. The number of nitrogens with two attached hydrogens (primary N) is 1. The van der Waals surface area contributed by atoms with Gasteiger partial charge in [-0.3, -0.25) is 4.98 Å². The molecule has 2 atom stereocenters. The number of pyridine rings is 1. The van der Waals surface area contributed by atoms with Crippen molar-refractivity contribution in [3.05, 3.63) is 30.1 Å². The van der Waals surface area contributed by atoms with Gasteiger partial charge in [0.2, 0.25) is 0 Å². The summed E-state index contributed by atoms with van der Waals surface area (Å²) in [6.45, 7) is 1.88. The fraction of sp³-hybridized carbons (Fsp3) is 0.455. The van der Waals surface area contributed by atoms with Crippen molar-refractivity contribution in [1.82, 2.24) is 10.3 Å². The summed E-state index contributed by atoms with van der Waals surface area (Å²) in [6, 6.07) is 4.06. The van der Waals surface area contributed by atoms with Gasteiger partial charge in [0.25, 0.3) is 0 Å². The number of rotatable bonds is 1. The second-order valence-electron chi connectivity index (χ2n) is 4.25. The maximum absolute atomic E-state index is 5.88. The molecule has 1 fully saturated rings. The number of fused-ring (bicyclic) bond motifs is 1. The van der Waals surface area contributed by atoms with E-state index in [1.807, 2.05) is 12.3 Å². The van der Waals surface area contributed by atoms with Crippen molar-refractivity contribution >= 4 is 16.9 Å². The zero-order valence-corrected chi connectivity index (χ0v) is 9.70. The van der Waals surface area contributed by atoms with Crippen LogP contribution >= 0.6 is 11.8 Å². The van der Waals surface area contributed by atoms with E-state index in [1.165, 1.54) is 5.56 Å². The predicted molar refractivity (Wildman–Crippen MR) is 66.4 cm³/mol. The molecular weight excluding hydrogens is 220 g/mol. The van der Waals surface area contributed by atoms with Crippen molar-refractivity contribution in [2.24, 2.45) is 16.6 Å². The van der Waals surface area contributed by atoms with Crippen LogP contribution in [-0.2, 0) is 5.54 Å². The van der Waals surface area contributed by atoms with E-state index in [0.717, 1.165) is 18.8 Å². The van der Waals surface area contributed by atoms with Crippen LogP contribution in [-0.4, -0.2) is 29.0 Å². The normalized spacial score (nSPS) is 33.2. The molecule has 0 spiro atoms. The number of thioether (sulfide) groups is 1. The van der Waals surface area contributed by atoms with Crippen molar-refractivity contribution in [2.45, 2.75) is 5.54 Å². The highest BCUT2D eigenvalue weighted by molar-refractivity contribution is 8.13. The Labute approximate surface area is 98.7 Å². The minimum Gasteiger partial charge on any atom is -0.379 e. The first-order valence-electron chi connectivity index (χ1n) is 5.40. The lowest BCUT2D eigenvalue weighted by atomic mass is 9.83. The number of aliphatic imine (C=N–C) groups is 1. The van der Waals surface area contributed by atoms with E-state index in [-0.39, 0.29) is 5.54 Å². The molecule has 3 heterocycles. The number of hydrogen-bond acceptors (Lipinski definition) is 5. The summed E-state index contributed by atoms with van der Waals surface area (Å²) in [7, 11) is 0. The lowest BCUT2D eigenvalue weighted by Crippen LogP contribution is -2.39. The van der Waals surface area contributed by atoms with E-state index in [1.54, 1.807) is 18.0 Å². The Morgan fingerprint density at radius 3 is 3.31 bits per heavy atom. The maximum Gasteiger partial charge on any atom is 0.154 e. The van der Waals surface area contributed by atoms with Crippen molar-refractivity contribution < 1.29 is 0 Å². The highest BCUT2D eigenvalue weighted by atomic mass is 32.2. The van der Waals surface area contributed by atoms with Gasteiger partial charge in [-0.25, -0.2) is 4.99 Å². The van der Waals surface area contributed by atoms with Crippen LogP contribution in [0.15, 0.2) is 29.5 Å². The lowest BCUT2D eigenvalue weighted by Gasteiger charge is -2.34. The molecule has 0 aliphatic carbocycles. The average molecular weight is 234 g/mol. The molecule has 1 saturated heterocycles. The van der Waals surface area contributed by atoms with Gasteiger partial charge < -0.3 is 11.1 Å². The predicted octanol–water partition coefficient (Wildman–Crippen LogP) is 0.558. The molecule has 5 heteroatoms. The van der Waals surface area contributed by atoms with E-state index in [9.17, 15) is 0 Å². The third-order valence-corrected chi connectivity index (χ3v) is 4.32. The van der Waals surface area contributed by atoms with Crippen molar-refractivity contribution in [3.63, 3.8) is 0 Å². The largest absolute Gasteiger partial charge is 0.379 e. The monoisotopic (exact) mass is 234 g/mol. The Morgan fingerprint density at radius 2 is 2.50 bits per heavy atom. The van der Waals surface area contributed by atoms with E-state index in [2.05, 4.69) is 16.4 Å². The van der Waals surface area contributed by atoms with E-state index in [4.69, 9.17) is 10.7 Å². The zero-order chi connectivity index (χ0) is 11.0. The molecule has 0 unspecified atom stereocenters. The van der Waals surface area contributed by atoms with Crippen LogP contribution in [0.5, 0.6) is 0 Å². The molecular formula is C11H14N4S. The number of nitrogens with one attached hydrogen (secondary N) is 1. The number of amidine groups is 1. The zero-order valence-electron chi connectivity index (χ0n) is 8.89. The SMILES string of the molecule is NC1=N[C@@]2(c3cccnc3)CNC[C@H]2CS1. The standard InChI is InChI=1S/C11H14N4S/c12-10-15-11(8-2-1-3-13-4-8)7-14-5-9(11)6-16-10/h1-4,9,14H,5-7H2,(H2,12,15)/t9-,11+/m0/s1. The van der Waals surface area contributed by atoms with Gasteiger partial charge in [-0.15, -0.1) is 0 Å². The Balaban J connectivity index is 2.10. The van der Waals surface area contributed by atoms with Gasteiger partial charge in [0.15, 0.2) is 5.17 Å². The molecule has 84 valence electrons. The summed E-state index contributed by atoms with van der Waals surface area (Å²) in [5.41, 5.74) is 6.88. The van der Waals surface area contributed by atoms with Crippen molar-refractivity contribution in [2.75, 3.05) is 18.8 Å². The molecule has 1 aromatic rings. The van der Waals surface area contributed by atoms with Crippen molar-refractivity contribution in [3.8, 4) is 0 Å². The summed E-state index contributed by atoms with van der Waals surface area (Å²) < 4.78 is 0. The third-order valence-electron chi connectivity index (χ3n) is 3.36. The van der Waals surface area contributed by atoms with Crippen LogP contribution in [0.3, 0.4) is 0 Å². The minimum absolute atomic E-state index is 0.177. The fourth-order valence-electron chi connectivity index (χ4n) is 2.51. The average Bonchev–Trinajstić information content (AvgIpc) is 2.74. The third kappa shape index (κ3) is 1.43. The molecule has 0 amide bonds. The number of nitrogens with zero attached hydrogens (tertiary/aromatic N) is 2. The summed E-state index contributed by atoms with van der Waals surface area (Å²) in [4.78, 5) is 8.90. The molecule has 0 radical (unpaired) electrons. The Kier molecular flexibility index (Phi) is 2.37. The smallest absolute Gasteiger partial charge is 0.154 e. The molecule has 2 aliphatic rings.